The molecule has 41 heavy (non-hydrogen) atoms. The second-order valence-electron chi connectivity index (χ2n) is 11.0. The Hall–Kier alpha value is -4.18. The normalized spacial score (nSPS) is 20.2. The summed E-state index contributed by atoms with van der Waals surface area (Å²) in [5.41, 5.74) is 9.23. The highest BCUT2D eigenvalue weighted by Gasteiger charge is 2.43. The van der Waals surface area contributed by atoms with E-state index in [0.717, 1.165) is 22.0 Å². The monoisotopic (exact) mass is 559 g/mol. The zero-order valence-corrected chi connectivity index (χ0v) is 23.0. The number of nitrogens with zero attached hydrogens (tertiary/aromatic N) is 2. The SMILES string of the molecule is NC(Cc1c[nH]c2ccccc12)C(=O)N1CCCC1C(=O)N1CCCC1C(=O)NC(CC(=O)O)Cc1ccccc1. The molecule has 216 valence electrons. The first-order valence-electron chi connectivity index (χ1n) is 14.3. The van der Waals surface area contributed by atoms with Gasteiger partial charge in [0.25, 0.3) is 0 Å². The predicted molar refractivity (Wildman–Crippen MR) is 154 cm³/mol. The Balaban J connectivity index is 1.24. The summed E-state index contributed by atoms with van der Waals surface area (Å²) in [6.07, 6.45) is 4.72. The van der Waals surface area contributed by atoms with Crippen LogP contribution < -0.4 is 11.1 Å². The van der Waals surface area contributed by atoms with E-state index in [-0.39, 0.29) is 24.1 Å². The zero-order valence-electron chi connectivity index (χ0n) is 23.0. The van der Waals surface area contributed by atoms with Gasteiger partial charge in [-0.05, 0) is 55.7 Å². The van der Waals surface area contributed by atoms with Gasteiger partial charge in [0.05, 0.1) is 12.5 Å². The van der Waals surface area contributed by atoms with Gasteiger partial charge in [-0.3, -0.25) is 19.2 Å². The number of carbonyl (C=O) groups excluding carboxylic acids is 3. The molecule has 3 aromatic rings. The summed E-state index contributed by atoms with van der Waals surface area (Å²) in [4.78, 5) is 58.4. The second-order valence-corrected chi connectivity index (χ2v) is 11.0. The maximum absolute atomic E-state index is 13.8. The van der Waals surface area contributed by atoms with Crippen LogP contribution in [0.25, 0.3) is 10.9 Å². The minimum Gasteiger partial charge on any atom is -0.481 e. The first kappa shape index (κ1) is 28.4. The number of aliphatic carboxylic acids is 1. The molecule has 10 heteroatoms. The molecule has 5 rings (SSSR count). The van der Waals surface area contributed by atoms with E-state index in [1.54, 1.807) is 9.80 Å². The third-order valence-electron chi connectivity index (χ3n) is 8.18. The summed E-state index contributed by atoms with van der Waals surface area (Å²) in [6, 6.07) is 14.5. The van der Waals surface area contributed by atoms with Crippen molar-refractivity contribution in [2.45, 2.75) is 69.1 Å². The van der Waals surface area contributed by atoms with Crippen molar-refractivity contribution in [3.8, 4) is 0 Å². The first-order chi connectivity index (χ1) is 19.8. The lowest BCUT2D eigenvalue weighted by molar-refractivity contribution is -0.147. The molecule has 0 radical (unpaired) electrons. The van der Waals surface area contributed by atoms with E-state index >= 15 is 0 Å². The van der Waals surface area contributed by atoms with Crippen LogP contribution in [0.1, 0.15) is 43.2 Å². The Morgan fingerprint density at radius 1 is 0.927 bits per heavy atom. The molecule has 2 saturated heterocycles. The van der Waals surface area contributed by atoms with E-state index in [2.05, 4.69) is 10.3 Å². The Bertz CT molecular complexity index is 1410. The molecule has 0 bridgehead atoms. The maximum atomic E-state index is 13.8. The number of carbonyl (C=O) groups is 4. The molecule has 2 fully saturated rings. The average molecular weight is 560 g/mol. The third-order valence-corrected chi connectivity index (χ3v) is 8.18. The number of carboxylic acids is 1. The maximum Gasteiger partial charge on any atom is 0.305 e. The van der Waals surface area contributed by atoms with Crippen LogP contribution in [0.4, 0.5) is 0 Å². The molecule has 1 aromatic heterocycles. The van der Waals surface area contributed by atoms with Gasteiger partial charge in [-0.25, -0.2) is 0 Å². The van der Waals surface area contributed by atoms with Crippen molar-refractivity contribution in [1.82, 2.24) is 20.1 Å². The Morgan fingerprint density at radius 3 is 2.37 bits per heavy atom. The number of rotatable bonds is 10. The number of benzene rings is 2. The fourth-order valence-corrected chi connectivity index (χ4v) is 6.20. The molecular formula is C31H37N5O5. The van der Waals surface area contributed by atoms with Gasteiger partial charge in [-0.15, -0.1) is 0 Å². The minimum absolute atomic E-state index is 0.222. The van der Waals surface area contributed by atoms with Gasteiger partial charge in [0.1, 0.15) is 12.1 Å². The lowest BCUT2D eigenvalue weighted by Crippen LogP contribution is -2.56. The van der Waals surface area contributed by atoms with Crippen molar-refractivity contribution in [2.75, 3.05) is 13.1 Å². The van der Waals surface area contributed by atoms with Gasteiger partial charge in [0, 0.05) is 36.2 Å². The van der Waals surface area contributed by atoms with Crippen molar-refractivity contribution >= 4 is 34.6 Å². The second kappa shape index (κ2) is 12.6. The number of amides is 3. The molecule has 4 atom stereocenters. The highest BCUT2D eigenvalue weighted by molar-refractivity contribution is 5.94. The smallest absolute Gasteiger partial charge is 0.305 e. The van der Waals surface area contributed by atoms with Crippen LogP contribution in [-0.2, 0) is 32.0 Å². The Kier molecular flexibility index (Phi) is 8.68. The summed E-state index contributed by atoms with van der Waals surface area (Å²) in [6.45, 7) is 0.860. The van der Waals surface area contributed by atoms with E-state index in [4.69, 9.17) is 5.73 Å². The summed E-state index contributed by atoms with van der Waals surface area (Å²) < 4.78 is 0. The van der Waals surface area contributed by atoms with Crippen LogP contribution in [0.15, 0.2) is 60.8 Å². The van der Waals surface area contributed by atoms with Gasteiger partial charge in [-0.1, -0.05) is 48.5 Å². The van der Waals surface area contributed by atoms with Crippen molar-refractivity contribution in [3.05, 3.63) is 71.9 Å². The van der Waals surface area contributed by atoms with E-state index in [1.165, 1.54) is 0 Å². The topological polar surface area (TPSA) is 149 Å². The van der Waals surface area contributed by atoms with Crippen molar-refractivity contribution in [3.63, 3.8) is 0 Å². The van der Waals surface area contributed by atoms with Crippen LogP contribution in [0.5, 0.6) is 0 Å². The van der Waals surface area contributed by atoms with Crippen LogP contribution in [-0.4, -0.2) is 80.8 Å². The van der Waals surface area contributed by atoms with Crippen LogP contribution in [0.3, 0.4) is 0 Å². The third kappa shape index (κ3) is 6.43. The number of H-pyrrole nitrogens is 1. The molecule has 5 N–H and O–H groups in total. The molecule has 2 aliphatic heterocycles. The molecule has 0 aliphatic carbocycles. The summed E-state index contributed by atoms with van der Waals surface area (Å²) in [7, 11) is 0. The molecule has 3 heterocycles. The molecular weight excluding hydrogens is 522 g/mol. The van der Waals surface area contributed by atoms with Crippen LogP contribution in [0.2, 0.25) is 0 Å². The summed E-state index contributed by atoms with van der Waals surface area (Å²) >= 11 is 0. The Morgan fingerprint density at radius 2 is 1.61 bits per heavy atom. The van der Waals surface area contributed by atoms with Gasteiger partial charge >= 0.3 is 5.97 Å². The number of hydrogen-bond donors (Lipinski definition) is 4. The molecule has 4 unspecified atom stereocenters. The Labute approximate surface area is 238 Å². The standard InChI is InChI=1S/C31H37N5O5/c32-24(17-21-19-33-25-11-5-4-10-23(21)25)30(40)36-15-7-13-27(36)31(41)35-14-6-12-26(35)29(39)34-22(18-28(37)38)16-20-8-2-1-3-9-20/h1-5,8-11,19,22,24,26-27,33H,6-7,12-18,32H2,(H,34,39)(H,37,38). The van der Waals surface area contributed by atoms with Crippen molar-refractivity contribution < 1.29 is 24.3 Å². The minimum atomic E-state index is -1.00. The largest absolute Gasteiger partial charge is 0.481 e. The quantitative estimate of drug-likeness (QED) is 0.299. The fraction of sp³-hybridized carbons (Fsp3) is 0.419. The molecule has 2 aliphatic rings. The zero-order chi connectivity index (χ0) is 28.9. The van der Waals surface area contributed by atoms with Gasteiger partial charge in [-0.2, -0.15) is 0 Å². The fourth-order valence-electron chi connectivity index (χ4n) is 6.20. The van der Waals surface area contributed by atoms with E-state index < -0.39 is 30.1 Å². The summed E-state index contributed by atoms with van der Waals surface area (Å²) in [5, 5.41) is 13.3. The van der Waals surface area contributed by atoms with E-state index in [0.29, 0.717) is 51.6 Å². The molecule has 3 amide bonds. The first-order valence-corrected chi connectivity index (χ1v) is 14.3. The van der Waals surface area contributed by atoms with Gasteiger partial charge < -0.3 is 30.9 Å². The van der Waals surface area contributed by atoms with Crippen LogP contribution >= 0.6 is 0 Å². The number of aromatic nitrogens is 1. The lowest BCUT2D eigenvalue weighted by Gasteiger charge is -2.32. The van der Waals surface area contributed by atoms with Crippen molar-refractivity contribution in [1.29, 1.82) is 0 Å². The molecule has 0 spiro atoms. The number of nitrogens with one attached hydrogen (secondary N) is 2. The number of nitrogens with two attached hydrogens (primary N) is 1. The number of aromatic amines is 1. The molecule has 0 saturated carbocycles. The number of likely N-dealkylation sites (tertiary alicyclic amines) is 2. The predicted octanol–water partition coefficient (Wildman–Crippen LogP) is 2.22. The number of hydrogen-bond acceptors (Lipinski definition) is 5. The number of para-hydroxylation sites is 1. The van der Waals surface area contributed by atoms with Crippen molar-refractivity contribution in [2.24, 2.45) is 5.73 Å². The average Bonchev–Trinajstić information content (AvgIpc) is 3.73. The van der Waals surface area contributed by atoms with E-state index in [1.807, 2.05) is 60.8 Å². The van der Waals surface area contributed by atoms with Gasteiger partial charge in [0.2, 0.25) is 17.7 Å². The molecule has 2 aromatic carbocycles. The highest BCUT2D eigenvalue weighted by atomic mass is 16.4. The summed E-state index contributed by atoms with van der Waals surface area (Å²) in [5.74, 6) is -1.87. The van der Waals surface area contributed by atoms with Gasteiger partial charge in [0.15, 0.2) is 0 Å². The molecule has 10 nitrogen and oxygen atoms in total. The number of carboxylic acid groups (broad SMARTS) is 1. The highest BCUT2D eigenvalue weighted by Crippen LogP contribution is 2.27. The van der Waals surface area contributed by atoms with Crippen LogP contribution in [0, 0.1) is 0 Å². The van der Waals surface area contributed by atoms with E-state index in [9.17, 15) is 24.3 Å². The number of fused-ring (bicyclic) bond motifs is 1. The lowest BCUT2D eigenvalue weighted by atomic mass is 10.0.